The van der Waals surface area contributed by atoms with Crippen molar-refractivity contribution in [2.24, 2.45) is 0 Å². The zero-order valence-electron chi connectivity index (χ0n) is 10.7. The first-order valence-electron chi connectivity index (χ1n) is 6.16. The van der Waals surface area contributed by atoms with Crippen molar-refractivity contribution in [1.82, 2.24) is 0 Å². The summed E-state index contributed by atoms with van der Waals surface area (Å²) in [6, 6.07) is 6.43. The second-order valence-corrected chi connectivity index (χ2v) is 5.83. The van der Waals surface area contributed by atoms with Crippen LogP contribution in [0, 0.1) is 0 Å². The Morgan fingerprint density at radius 3 is 2.71 bits per heavy atom. The average Bonchev–Trinajstić information content (AvgIpc) is 2.37. The van der Waals surface area contributed by atoms with E-state index in [2.05, 4.69) is 38.2 Å². The van der Waals surface area contributed by atoms with Crippen LogP contribution in [0.5, 0.6) is 0 Å². The van der Waals surface area contributed by atoms with Crippen molar-refractivity contribution >= 4 is 23.4 Å². The SMILES string of the molecule is CCC(C)(CC)c1ccc2c(c1)SCC(=O)N2. The normalized spacial score (nSPS) is 15.4. The number of rotatable bonds is 3. The highest BCUT2D eigenvalue weighted by atomic mass is 32.2. The summed E-state index contributed by atoms with van der Waals surface area (Å²) in [5, 5.41) is 2.91. The number of fused-ring (bicyclic) bond motifs is 1. The minimum absolute atomic E-state index is 0.101. The lowest BCUT2D eigenvalue weighted by Crippen LogP contribution is -2.22. The topological polar surface area (TPSA) is 29.1 Å². The zero-order chi connectivity index (χ0) is 12.5. The lowest BCUT2D eigenvalue weighted by Gasteiger charge is -2.29. The molecule has 0 aliphatic carbocycles. The fourth-order valence-corrected chi connectivity index (χ4v) is 2.95. The second-order valence-electron chi connectivity index (χ2n) is 4.82. The van der Waals surface area contributed by atoms with Gasteiger partial charge in [-0.3, -0.25) is 4.79 Å². The lowest BCUT2D eigenvalue weighted by atomic mass is 9.78. The molecule has 1 aliphatic heterocycles. The van der Waals surface area contributed by atoms with Crippen molar-refractivity contribution in [2.75, 3.05) is 11.1 Å². The number of hydrogen-bond acceptors (Lipinski definition) is 2. The number of anilines is 1. The summed E-state index contributed by atoms with van der Waals surface area (Å²) < 4.78 is 0. The van der Waals surface area contributed by atoms with Crippen LogP contribution < -0.4 is 5.32 Å². The van der Waals surface area contributed by atoms with Gasteiger partial charge in [0.25, 0.3) is 0 Å². The molecule has 17 heavy (non-hydrogen) atoms. The van der Waals surface area contributed by atoms with Gasteiger partial charge in [-0.15, -0.1) is 11.8 Å². The summed E-state index contributed by atoms with van der Waals surface area (Å²) in [4.78, 5) is 12.5. The predicted molar refractivity (Wildman–Crippen MR) is 73.7 cm³/mol. The number of carbonyl (C=O) groups excluding carboxylic acids is 1. The van der Waals surface area contributed by atoms with E-state index in [0.717, 1.165) is 18.5 Å². The third-order valence-corrected chi connectivity index (χ3v) is 4.93. The summed E-state index contributed by atoms with van der Waals surface area (Å²) >= 11 is 1.64. The number of benzene rings is 1. The minimum atomic E-state index is 0.101. The smallest absolute Gasteiger partial charge is 0.234 e. The summed E-state index contributed by atoms with van der Waals surface area (Å²) in [6.45, 7) is 6.77. The highest BCUT2D eigenvalue weighted by Gasteiger charge is 2.24. The van der Waals surface area contributed by atoms with E-state index in [1.165, 1.54) is 10.5 Å². The van der Waals surface area contributed by atoms with Gasteiger partial charge in [-0.25, -0.2) is 0 Å². The molecule has 1 N–H and O–H groups in total. The molecule has 1 aliphatic rings. The Kier molecular flexibility index (Phi) is 3.48. The van der Waals surface area contributed by atoms with E-state index in [-0.39, 0.29) is 11.3 Å². The van der Waals surface area contributed by atoms with Crippen LogP contribution >= 0.6 is 11.8 Å². The van der Waals surface area contributed by atoms with Crippen LogP contribution in [0.15, 0.2) is 23.1 Å². The number of hydrogen-bond donors (Lipinski definition) is 1. The van der Waals surface area contributed by atoms with Gasteiger partial charge >= 0.3 is 0 Å². The molecule has 3 heteroatoms. The van der Waals surface area contributed by atoms with Crippen LogP contribution in [0.4, 0.5) is 5.69 Å². The molecule has 1 amide bonds. The van der Waals surface area contributed by atoms with Crippen LogP contribution in [-0.4, -0.2) is 11.7 Å². The van der Waals surface area contributed by atoms with Crippen LogP contribution in [0.3, 0.4) is 0 Å². The molecule has 0 radical (unpaired) electrons. The van der Waals surface area contributed by atoms with Gasteiger partial charge in [-0.2, -0.15) is 0 Å². The molecule has 0 fully saturated rings. The molecule has 92 valence electrons. The zero-order valence-corrected chi connectivity index (χ0v) is 11.5. The van der Waals surface area contributed by atoms with Crippen LogP contribution in [0.1, 0.15) is 39.2 Å². The maximum Gasteiger partial charge on any atom is 0.234 e. The first-order chi connectivity index (χ1) is 8.09. The fraction of sp³-hybridized carbons (Fsp3) is 0.500. The van der Waals surface area contributed by atoms with Crippen molar-refractivity contribution in [3.05, 3.63) is 23.8 Å². The molecule has 1 aromatic rings. The van der Waals surface area contributed by atoms with E-state index >= 15 is 0 Å². The summed E-state index contributed by atoms with van der Waals surface area (Å²) in [6.07, 6.45) is 2.28. The molecule has 0 spiro atoms. The Labute approximate surface area is 107 Å². The number of amides is 1. The third kappa shape index (κ3) is 2.34. The first kappa shape index (κ1) is 12.5. The van der Waals surface area contributed by atoms with Gasteiger partial charge < -0.3 is 5.32 Å². The number of thioether (sulfide) groups is 1. The second kappa shape index (κ2) is 4.73. The van der Waals surface area contributed by atoms with Gasteiger partial charge in [0.2, 0.25) is 5.91 Å². The van der Waals surface area contributed by atoms with E-state index in [0.29, 0.717) is 5.75 Å². The van der Waals surface area contributed by atoms with Crippen molar-refractivity contribution in [1.29, 1.82) is 0 Å². The lowest BCUT2D eigenvalue weighted by molar-refractivity contribution is -0.113. The van der Waals surface area contributed by atoms with Crippen molar-refractivity contribution < 1.29 is 4.79 Å². The first-order valence-corrected chi connectivity index (χ1v) is 7.15. The molecule has 0 unspecified atom stereocenters. The van der Waals surface area contributed by atoms with E-state index in [4.69, 9.17) is 0 Å². The van der Waals surface area contributed by atoms with Gasteiger partial charge in [-0.05, 0) is 36.0 Å². The van der Waals surface area contributed by atoms with Gasteiger partial charge in [0.1, 0.15) is 0 Å². The summed E-state index contributed by atoms with van der Waals surface area (Å²) in [5.41, 5.74) is 2.59. The molecule has 2 nitrogen and oxygen atoms in total. The molecule has 0 saturated carbocycles. The Morgan fingerprint density at radius 2 is 2.06 bits per heavy atom. The van der Waals surface area contributed by atoms with Crippen LogP contribution in [0.25, 0.3) is 0 Å². The summed E-state index contributed by atoms with van der Waals surface area (Å²) in [5.74, 6) is 0.634. The molecule has 0 atom stereocenters. The van der Waals surface area contributed by atoms with E-state index < -0.39 is 0 Å². The van der Waals surface area contributed by atoms with E-state index in [9.17, 15) is 4.79 Å². The van der Waals surface area contributed by atoms with Gasteiger partial charge in [0, 0.05) is 4.90 Å². The monoisotopic (exact) mass is 249 g/mol. The molecule has 1 heterocycles. The maximum atomic E-state index is 11.3. The highest BCUT2D eigenvalue weighted by molar-refractivity contribution is 8.00. The largest absolute Gasteiger partial charge is 0.324 e. The van der Waals surface area contributed by atoms with Crippen molar-refractivity contribution in [3.8, 4) is 0 Å². The van der Waals surface area contributed by atoms with E-state index in [1.54, 1.807) is 11.8 Å². The van der Waals surface area contributed by atoms with Crippen LogP contribution in [-0.2, 0) is 10.2 Å². The standard InChI is InChI=1S/C14H19NOS/c1-4-14(3,5-2)10-6-7-11-12(8-10)17-9-13(16)15-11/h6-8H,4-5,9H2,1-3H3,(H,15,16). The molecule has 0 saturated heterocycles. The fourth-order valence-electron chi connectivity index (χ4n) is 2.11. The molecule has 2 rings (SSSR count). The average molecular weight is 249 g/mol. The van der Waals surface area contributed by atoms with Crippen LogP contribution in [0.2, 0.25) is 0 Å². The van der Waals surface area contributed by atoms with Crippen molar-refractivity contribution in [2.45, 2.75) is 43.9 Å². The molecular formula is C14H19NOS. The minimum Gasteiger partial charge on any atom is -0.324 e. The third-order valence-electron chi connectivity index (χ3n) is 3.87. The Hall–Kier alpha value is -0.960. The maximum absolute atomic E-state index is 11.3. The van der Waals surface area contributed by atoms with Gasteiger partial charge in [0.15, 0.2) is 0 Å². The number of nitrogens with one attached hydrogen (secondary N) is 1. The summed E-state index contributed by atoms with van der Waals surface area (Å²) in [7, 11) is 0. The van der Waals surface area contributed by atoms with E-state index in [1.807, 2.05) is 6.07 Å². The Bertz CT molecular complexity index is 438. The Morgan fingerprint density at radius 1 is 1.35 bits per heavy atom. The van der Waals surface area contributed by atoms with Gasteiger partial charge in [0.05, 0.1) is 11.4 Å². The predicted octanol–water partition coefficient (Wildman–Crippen LogP) is 3.81. The molecule has 1 aromatic carbocycles. The molecular weight excluding hydrogens is 230 g/mol. The quantitative estimate of drug-likeness (QED) is 0.882. The van der Waals surface area contributed by atoms with Crippen molar-refractivity contribution in [3.63, 3.8) is 0 Å². The molecule has 0 aromatic heterocycles. The number of carbonyl (C=O) groups is 1. The molecule has 0 bridgehead atoms. The van der Waals surface area contributed by atoms with Gasteiger partial charge in [-0.1, -0.05) is 26.8 Å². The Balaban J connectivity index is 2.37. The highest BCUT2D eigenvalue weighted by Crippen LogP contribution is 2.38.